The fourth-order valence-electron chi connectivity index (χ4n) is 1.42. The van der Waals surface area contributed by atoms with E-state index in [0.29, 0.717) is 0 Å². The van der Waals surface area contributed by atoms with Gasteiger partial charge in [0.2, 0.25) is 0 Å². The van der Waals surface area contributed by atoms with E-state index in [1.807, 2.05) is 12.2 Å². The maximum Gasteiger partial charge on any atom is 0.332 e. The lowest BCUT2D eigenvalue weighted by Crippen LogP contribution is -2.42. The maximum absolute atomic E-state index is 11.3. The fourth-order valence-corrected chi connectivity index (χ4v) is 1.42. The number of hydrogen-bond acceptors (Lipinski definition) is 3. The van der Waals surface area contributed by atoms with Gasteiger partial charge in [-0.25, -0.2) is 9.59 Å². The molecule has 6 heteroatoms. The van der Waals surface area contributed by atoms with Crippen LogP contribution in [0.4, 0.5) is 4.79 Å². The third kappa shape index (κ3) is 4.31. The Morgan fingerprint density at radius 2 is 2.00 bits per heavy atom. The summed E-state index contributed by atoms with van der Waals surface area (Å²) in [6.07, 6.45) is 4.23. The van der Waals surface area contributed by atoms with Gasteiger partial charge in [-0.2, -0.15) is 0 Å². The van der Waals surface area contributed by atoms with Gasteiger partial charge in [-0.1, -0.05) is 12.2 Å². The molecule has 1 atom stereocenters. The molecule has 16 heavy (non-hydrogen) atoms. The van der Waals surface area contributed by atoms with E-state index in [-0.39, 0.29) is 25.0 Å². The van der Waals surface area contributed by atoms with Gasteiger partial charge in [-0.3, -0.25) is 0 Å². The van der Waals surface area contributed by atoms with E-state index in [4.69, 9.17) is 10.2 Å². The van der Waals surface area contributed by atoms with Crippen molar-refractivity contribution in [1.29, 1.82) is 0 Å². The van der Waals surface area contributed by atoms with Crippen LogP contribution < -0.4 is 10.6 Å². The van der Waals surface area contributed by atoms with Crippen LogP contribution in [0.1, 0.15) is 19.3 Å². The molecule has 0 aliphatic heterocycles. The molecule has 0 saturated carbocycles. The lowest BCUT2D eigenvalue weighted by Gasteiger charge is -2.13. The minimum absolute atomic E-state index is 0.00562. The van der Waals surface area contributed by atoms with Gasteiger partial charge in [0, 0.05) is 19.0 Å². The first kappa shape index (κ1) is 12.5. The molecule has 0 heterocycles. The summed E-state index contributed by atoms with van der Waals surface area (Å²) in [5, 5.41) is 22.6. The molecule has 6 nitrogen and oxygen atoms in total. The third-order valence-corrected chi connectivity index (χ3v) is 2.33. The second-order valence-electron chi connectivity index (χ2n) is 3.68. The number of aliphatic carboxylic acids is 1. The van der Waals surface area contributed by atoms with Crippen molar-refractivity contribution in [2.24, 2.45) is 0 Å². The van der Waals surface area contributed by atoms with Crippen molar-refractivity contribution >= 4 is 12.0 Å². The van der Waals surface area contributed by atoms with Crippen LogP contribution in [0.15, 0.2) is 12.2 Å². The Labute approximate surface area is 93.3 Å². The predicted octanol–water partition coefficient (Wildman–Crippen LogP) is -0.160. The molecule has 1 rings (SSSR count). The molecule has 1 unspecified atom stereocenters. The lowest BCUT2D eigenvalue weighted by atomic mass is 10.2. The Hall–Kier alpha value is -1.56. The molecule has 0 aromatic carbocycles. The molecule has 1 aliphatic carbocycles. The van der Waals surface area contributed by atoms with E-state index >= 15 is 0 Å². The molecule has 0 fully saturated rings. The van der Waals surface area contributed by atoms with Crippen LogP contribution in [0.2, 0.25) is 0 Å². The monoisotopic (exact) mass is 228 g/mol. The average Bonchev–Trinajstić information content (AvgIpc) is 2.70. The highest BCUT2D eigenvalue weighted by Gasteiger charge is 2.15. The van der Waals surface area contributed by atoms with E-state index in [9.17, 15) is 9.59 Å². The minimum Gasteiger partial charge on any atom is -0.479 e. The molecule has 0 aromatic heterocycles. The highest BCUT2D eigenvalue weighted by Crippen LogP contribution is 2.08. The van der Waals surface area contributed by atoms with Crippen molar-refractivity contribution in [1.82, 2.24) is 10.6 Å². The molecule has 90 valence electrons. The van der Waals surface area contributed by atoms with Gasteiger partial charge in [0.15, 0.2) is 6.10 Å². The zero-order chi connectivity index (χ0) is 12.0. The van der Waals surface area contributed by atoms with Gasteiger partial charge in [-0.15, -0.1) is 0 Å². The Kier molecular flexibility index (Phi) is 4.78. The topological polar surface area (TPSA) is 98.7 Å². The van der Waals surface area contributed by atoms with Crippen LogP contribution in [0.3, 0.4) is 0 Å². The van der Waals surface area contributed by atoms with Crippen LogP contribution in [0.5, 0.6) is 0 Å². The highest BCUT2D eigenvalue weighted by atomic mass is 16.4. The second-order valence-corrected chi connectivity index (χ2v) is 3.68. The van der Waals surface area contributed by atoms with Gasteiger partial charge in [0.05, 0.1) is 0 Å². The number of carbonyl (C=O) groups is 2. The number of nitrogens with one attached hydrogen (secondary N) is 2. The highest BCUT2D eigenvalue weighted by molar-refractivity contribution is 5.74. The number of rotatable bonds is 5. The second kappa shape index (κ2) is 6.12. The van der Waals surface area contributed by atoms with Gasteiger partial charge in [-0.05, 0) is 12.8 Å². The van der Waals surface area contributed by atoms with Gasteiger partial charge < -0.3 is 20.8 Å². The van der Waals surface area contributed by atoms with Crippen molar-refractivity contribution in [3.8, 4) is 0 Å². The van der Waals surface area contributed by atoms with E-state index in [2.05, 4.69) is 10.6 Å². The molecule has 0 radical (unpaired) electrons. The van der Waals surface area contributed by atoms with Gasteiger partial charge in [0.1, 0.15) is 0 Å². The summed E-state index contributed by atoms with van der Waals surface area (Å²) in [5.41, 5.74) is 0. The first-order valence-electron chi connectivity index (χ1n) is 5.20. The summed E-state index contributed by atoms with van der Waals surface area (Å²) < 4.78 is 0. The van der Waals surface area contributed by atoms with Crippen LogP contribution in [0, 0.1) is 0 Å². The van der Waals surface area contributed by atoms with Crippen molar-refractivity contribution in [2.75, 3.05) is 6.54 Å². The molecule has 4 N–H and O–H groups in total. The molecule has 0 aromatic rings. The number of carbonyl (C=O) groups excluding carboxylic acids is 1. The molecular weight excluding hydrogens is 212 g/mol. The summed E-state index contributed by atoms with van der Waals surface area (Å²) in [4.78, 5) is 21.5. The van der Waals surface area contributed by atoms with E-state index in [1.54, 1.807) is 0 Å². The SMILES string of the molecule is O=C(NCCC(O)C(=O)O)NC1CC=CC1. The number of aliphatic hydroxyl groups is 1. The lowest BCUT2D eigenvalue weighted by molar-refractivity contribution is -0.146. The molecular formula is C10H16N2O4. The van der Waals surface area contributed by atoms with Gasteiger partial charge >= 0.3 is 12.0 Å². The summed E-state index contributed by atoms with van der Waals surface area (Å²) in [7, 11) is 0. The zero-order valence-corrected chi connectivity index (χ0v) is 8.85. The number of amides is 2. The number of carboxylic acid groups (broad SMARTS) is 1. The number of urea groups is 1. The van der Waals surface area contributed by atoms with Crippen molar-refractivity contribution < 1.29 is 19.8 Å². The van der Waals surface area contributed by atoms with Crippen LogP contribution in [0.25, 0.3) is 0 Å². The summed E-state index contributed by atoms with van der Waals surface area (Å²) in [6.45, 7) is 0.138. The fraction of sp³-hybridized carbons (Fsp3) is 0.600. The Balaban J connectivity index is 2.08. The summed E-state index contributed by atoms with van der Waals surface area (Å²) in [5.74, 6) is -1.28. The number of carboxylic acids is 1. The zero-order valence-electron chi connectivity index (χ0n) is 8.85. The summed E-state index contributed by atoms with van der Waals surface area (Å²) in [6, 6.07) is -0.198. The quantitative estimate of drug-likeness (QED) is 0.491. The minimum atomic E-state index is -1.42. The van der Waals surface area contributed by atoms with Crippen LogP contribution in [-0.2, 0) is 4.79 Å². The Bertz CT molecular complexity index is 283. The van der Waals surface area contributed by atoms with Crippen LogP contribution >= 0.6 is 0 Å². The molecule has 1 aliphatic rings. The van der Waals surface area contributed by atoms with Crippen molar-refractivity contribution in [3.63, 3.8) is 0 Å². The average molecular weight is 228 g/mol. The Morgan fingerprint density at radius 1 is 1.38 bits per heavy atom. The standard InChI is InChI=1S/C10H16N2O4/c13-8(9(14)15)5-6-11-10(16)12-7-3-1-2-4-7/h1-2,7-8,13H,3-6H2,(H,14,15)(H2,11,12,16). The molecule has 0 saturated heterocycles. The number of hydrogen-bond donors (Lipinski definition) is 4. The van der Waals surface area contributed by atoms with E-state index in [1.165, 1.54) is 0 Å². The molecule has 2 amide bonds. The first-order chi connectivity index (χ1) is 7.59. The first-order valence-corrected chi connectivity index (χ1v) is 5.20. The largest absolute Gasteiger partial charge is 0.479 e. The Morgan fingerprint density at radius 3 is 2.56 bits per heavy atom. The van der Waals surface area contributed by atoms with E-state index < -0.39 is 12.1 Å². The maximum atomic E-state index is 11.3. The molecule has 0 bridgehead atoms. The summed E-state index contributed by atoms with van der Waals surface area (Å²) >= 11 is 0. The van der Waals surface area contributed by atoms with Crippen molar-refractivity contribution in [2.45, 2.75) is 31.4 Å². The number of aliphatic hydroxyl groups excluding tert-OH is 1. The molecule has 0 spiro atoms. The smallest absolute Gasteiger partial charge is 0.332 e. The van der Waals surface area contributed by atoms with Crippen LogP contribution in [-0.4, -0.2) is 40.9 Å². The van der Waals surface area contributed by atoms with E-state index in [0.717, 1.165) is 12.8 Å². The normalized spacial score (nSPS) is 17.1. The van der Waals surface area contributed by atoms with Gasteiger partial charge in [0.25, 0.3) is 0 Å². The predicted molar refractivity (Wildman–Crippen MR) is 57.0 cm³/mol. The van der Waals surface area contributed by atoms with Crippen molar-refractivity contribution in [3.05, 3.63) is 12.2 Å². The third-order valence-electron chi connectivity index (χ3n) is 2.33.